The van der Waals surface area contributed by atoms with Crippen LogP contribution >= 0.6 is 0 Å². The molecule has 1 spiro atoms. The fourth-order valence-corrected chi connectivity index (χ4v) is 4.49. The Kier molecular flexibility index (Phi) is 4.34. The summed E-state index contributed by atoms with van der Waals surface area (Å²) in [6.07, 6.45) is 8.38. The minimum absolute atomic E-state index is 0.0458. The first-order valence-corrected chi connectivity index (χ1v) is 8.35. The monoisotopic (exact) mass is 299 g/mol. The van der Waals surface area contributed by atoms with Crippen molar-refractivity contribution in [2.45, 2.75) is 50.1 Å². The first-order valence-electron chi connectivity index (χ1n) is 8.35. The van der Waals surface area contributed by atoms with Crippen LogP contribution in [-0.2, 0) is 0 Å². The van der Waals surface area contributed by atoms with E-state index in [1.165, 1.54) is 6.42 Å². The zero-order valence-electron chi connectivity index (χ0n) is 13.1. The van der Waals surface area contributed by atoms with Gasteiger partial charge in [-0.1, -0.05) is 37.1 Å². The Labute approximate surface area is 132 Å². The standard InChI is InChI=1S/C19H25NO2/c1-2-16-10-6-7-12-19(16)13-11-17(14-21)20(19)18(22)15-8-4-3-5-9-15/h2-5,8-9,16-17,21H,1,6-7,10-14H2. The molecule has 1 aliphatic heterocycles. The molecule has 2 fully saturated rings. The van der Waals surface area contributed by atoms with Crippen molar-refractivity contribution in [3.8, 4) is 0 Å². The van der Waals surface area contributed by atoms with Crippen LogP contribution in [0.15, 0.2) is 43.0 Å². The van der Waals surface area contributed by atoms with E-state index in [9.17, 15) is 9.90 Å². The van der Waals surface area contributed by atoms with Gasteiger partial charge in [-0.05, 0) is 43.7 Å². The molecule has 1 aromatic carbocycles. The summed E-state index contributed by atoms with van der Waals surface area (Å²) in [4.78, 5) is 15.1. The molecule has 3 heteroatoms. The SMILES string of the molecule is C=CC1CCCCC12CCC(CO)N2C(=O)c1ccccc1. The molecule has 0 radical (unpaired) electrons. The number of carbonyl (C=O) groups is 1. The van der Waals surface area contributed by atoms with Gasteiger partial charge in [0, 0.05) is 11.1 Å². The Balaban J connectivity index is 1.99. The number of benzene rings is 1. The van der Waals surface area contributed by atoms with Crippen molar-refractivity contribution in [1.29, 1.82) is 0 Å². The number of rotatable bonds is 3. The number of aliphatic hydroxyl groups excluding tert-OH is 1. The molecule has 1 amide bonds. The van der Waals surface area contributed by atoms with Crippen LogP contribution < -0.4 is 0 Å². The number of carbonyl (C=O) groups excluding carboxylic acids is 1. The van der Waals surface area contributed by atoms with E-state index >= 15 is 0 Å². The van der Waals surface area contributed by atoms with Crippen LogP contribution in [0.1, 0.15) is 48.9 Å². The van der Waals surface area contributed by atoms with Crippen LogP contribution in [0.4, 0.5) is 0 Å². The van der Waals surface area contributed by atoms with Crippen molar-refractivity contribution in [1.82, 2.24) is 4.90 Å². The lowest BCUT2D eigenvalue weighted by Crippen LogP contribution is -2.56. The molecule has 22 heavy (non-hydrogen) atoms. The molecule has 3 unspecified atom stereocenters. The average molecular weight is 299 g/mol. The van der Waals surface area contributed by atoms with Gasteiger partial charge >= 0.3 is 0 Å². The Hall–Kier alpha value is -1.61. The van der Waals surface area contributed by atoms with E-state index in [0.717, 1.165) is 37.7 Å². The molecule has 118 valence electrons. The van der Waals surface area contributed by atoms with E-state index in [1.807, 2.05) is 41.3 Å². The van der Waals surface area contributed by atoms with Crippen molar-refractivity contribution in [2.75, 3.05) is 6.61 Å². The fraction of sp³-hybridized carbons (Fsp3) is 0.526. The van der Waals surface area contributed by atoms with E-state index in [1.54, 1.807) is 0 Å². The van der Waals surface area contributed by atoms with Crippen molar-refractivity contribution in [3.05, 3.63) is 48.6 Å². The van der Waals surface area contributed by atoms with E-state index < -0.39 is 0 Å². The highest BCUT2D eigenvalue weighted by Crippen LogP contribution is 2.48. The molecule has 1 heterocycles. The topological polar surface area (TPSA) is 40.5 Å². The van der Waals surface area contributed by atoms with Gasteiger partial charge in [-0.3, -0.25) is 4.79 Å². The molecule has 1 aliphatic carbocycles. The first kappa shape index (κ1) is 15.3. The number of hydrogen-bond acceptors (Lipinski definition) is 2. The largest absolute Gasteiger partial charge is 0.394 e. The Morgan fingerprint density at radius 1 is 1.27 bits per heavy atom. The highest BCUT2D eigenvalue weighted by atomic mass is 16.3. The summed E-state index contributed by atoms with van der Waals surface area (Å²) >= 11 is 0. The highest BCUT2D eigenvalue weighted by molar-refractivity contribution is 5.95. The van der Waals surface area contributed by atoms with E-state index in [0.29, 0.717) is 5.92 Å². The van der Waals surface area contributed by atoms with Gasteiger partial charge in [0.15, 0.2) is 0 Å². The van der Waals surface area contributed by atoms with Gasteiger partial charge in [0.1, 0.15) is 0 Å². The molecule has 1 aromatic rings. The molecule has 3 atom stereocenters. The lowest BCUT2D eigenvalue weighted by Gasteiger charge is -2.48. The minimum Gasteiger partial charge on any atom is -0.394 e. The molecule has 2 aliphatic rings. The minimum atomic E-state index is -0.139. The van der Waals surface area contributed by atoms with Gasteiger partial charge in [0.05, 0.1) is 12.6 Å². The third kappa shape index (κ3) is 2.38. The number of nitrogens with zero attached hydrogens (tertiary/aromatic N) is 1. The predicted octanol–water partition coefficient (Wildman–Crippen LogP) is 3.40. The van der Waals surface area contributed by atoms with Crippen LogP contribution in [0.3, 0.4) is 0 Å². The second kappa shape index (κ2) is 6.25. The van der Waals surface area contributed by atoms with Gasteiger partial charge in [-0.25, -0.2) is 0 Å². The molecule has 1 saturated carbocycles. The van der Waals surface area contributed by atoms with Gasteiger partial charge in [-0.15, -0.1) is 6.58 Å². The highest BCUT2D eigenvalue weighted by Gasteiger charge is 2.52. The smallest absolute Gasteiger partial charge is 0.254 e. The molecule has 3 nitrogen and oxygen atoms in total. The molecule has 0 aromatic heterocycles. The van der Waals surface area contributed by atoms with Crippen LogP contribution in [-0.4, -0.2) is 34.1 Å². The number of hydrogen-bond donors (Lipinski definition) is 1. The number of likely N-dealkylation sites (tertiary alicyclic amines) is 1. The molecule has 1 N–H and O–H groups in total. The maximum absolute atomic E-state index is 13.1. The second-order valence-electron chi connectivity index (χ2n) is 6.61. The Morgan fingerprint density at radius 3 is 2.73 bits per heavy atom. The molecule has 3 rings (SSSR count). The first-order chi connectivity index (χ1) is 10.7. The summed E-state index contributed by atoms with van der Waals surface area (Å²) in [7, 11) is 0. The molecule has 0 bridgehead atoms. The fourth-order valence-electron chi connectivity index (χ4n) is 4.49. The quantitative estimate of drug-likeness (QED) is 0.869. The molecular formula is C19H25NO2. The van der Waals surface area contributed by atoms with Crippen LogP contribution in [0.5, 0.6) is 0 Å². The average Bonchev–Trinajstić information content (AvgIpc) is 2.94. The van der Waals surface area contributed by atoms with Crippen molar-refractivity contribution >= 4 is 5.91 Å². The summed E-state index contributed by atoms with van der Waals surface area (Å²) in [6, 6.07) is 9.40. The predicted molar refractivity (Wildman–Crippen MR) is 87.6 cm³/mol. The normalized spacial score (nSPS) is 31.4. The second-order valence-corrected chi connectivity index (χ2v) is 6.61. The third-order valence-corrected chi connectivity index (χ3v) is 5.56. The Bertz CT molecular complexity index is 542. The Morgan fingerprint density at radius 2 is 2.05 bits per heavy atom. The van der Waals surface area contributed by atoms with E-state index in [-0.39, 0.29) is 24.1 Å². The zero-order chi connectivity index (χ0) is 15.6. The van der Waals surface area contributed by atoms with Gasteiger partial charge in [-0.2, -0.15) is 0 Å². The summed E-state index contributed by atoms with van der Waals surface area (Å²) < 4.78 is 0. The van der Waals surface area contributed by atoms with E-state index in [2.05, 4.69) is 6.58 Å². The summed E-state index contributed by atoms with van der Waals surface area (Å²) in [5.74, 6) is 0.399. The number of amides is 1. The zero-order valence-corrected chi connectivity index (χ0v) is 13.1. The maximum Gasteiger partial charge on any atom is 0.254 e. The van der Waals surface area contributed by atoms with Crippen molar-refractivity contribution < 1.29 is 9.90 Å². The van der Waals surface area contributed by atoms with E-state index in [4.69, 9.17) is 0 Å². The number of aliphatic hydroxyl groups is 1. The molecule has 1 saturated heterocycles. The maximum atomic E-state index is 13.1. The molecular weight excluding hydrogens is 274 g/mol. The summed E-state index contributed by atoms with van der Waals surface area (Å²) in [5, 5.41) is 9.79. The van der Waals surface area contributed by atoms with Crippen LogP contribution in [0.2, 0.25) is 0 Å². The summed E-state index contributed by atoms with van der Waals surface area (Å²) in [6.45, 7) is 4.07. The third-order valence-electron chi connectivity index (χ3n) is 5.56. The van der Waals surface area contributed by atoms with Crippen molar-refractivity contribution in [2.24, 2.45) is 5.92 Å². The summed E-state index contributed by atoms with van der Waals surface area (Å²) in [5.41, 5.74) is 0.580. The van der Waals surface area contributed by atoms with Gasteiger partial charge < -0.3 is 10.0 Å². The van der Waals surface area contributed by atoms with Gasteiger partial charge in [0.25, 0.3) is 5.91 Å². The lowest BCUT2D eigenvalue weighted by atomic mass is 9.71. The van der Waals surface area contributed by atoms with Crippen LogP contribution in [0.25, 0.3) is 0 Å². The van der Waals surface area contributed by atoms with Crippen LogP contribution in [0, 0.1) is 5.92 Å². The van der Waals surface area contributed by atoms with Crippen molar-refractivity contribution in [3.63, 3.8) is 0 Å². The van der Waals surface area contributed by atoms with Gasteiger partial charge in [0.2, 0.25) is 0 Å². The lowest BCUT2D eigenvalue weighted by molar-refractivity contribution is 0.0152.